The summed E-state index contributed by atoms with van der Waals surface area (Å²) >= 11 is 0. The molecule has 0 aliphatic carbocycles. The van der Waals surface area contributed by atoms with Crippen LogP contribution in [0.4, 0.5) is 13.2 Å². The summed E-state index contributed by atoms with van der Waals surface area (Å²) < 4.78 is 40.3. The maximum atomic E-state index is 12.8. The lowest BCUT2D eigenvalue weighted by molar-refractivity contribution is -0.0884. The second-order valence-corrected chi connectivity index (χ2v) is 4.82. The van der Waals surface area contributed by atoms with Gasteiger partial charge in [0, 0.05) is 42.7 Å². The highest BCUT2D eigenvalue weighted by atomic mass is 19.4. The highest BCUT2D eigenvalue weighted by Gasteiger charge is 2.42. The van der Waals surface area contributed by atoms with Gasteiger partial charge < -0.3 is 9.88 Å². The first-order valence-electron chi connectivity index (χ1n) is 6.42. The van der Waals surface area contributed by atoms with Crippen molar-refractivity contribution in [2.24, 2.45) is 0 Å². The van der Waals surface area contributed by atoms with E-state index in [1.165, 1.54) is 0 Å². The number of rotatable bonds is 1. The monoisotopic (exact) mass is 282 g/mol. The van der Waals surface area contributed by atoms with Crippen molar-refractivity contribution in [1.29, 1.82) is 0 Å². The topological polar surface area (TPSA) is 34.0 Å². The Hall–Kier alpha value is -1.82. The molecule has 0 atom stereocenters. The van der Waals surface area contributed by atoms with Crippen molar-refractivity contribution in [2.45, 2.75) is 19.1 Å². The van der Waals surface area contributed by atoms with Crippen LogP contribution in [0.1, 0.15) is 16.1 Å². The Morgan fingerprint density at radius 2 is 1.95 bits per heavy atom. The molecule has 0 amide bonds. The fraction of sp³-hybridized carbons (Fsp3) is 0.357. The number of carbonyl (C=O) groups excluding carboxylic acids is 1. The first-order valence-corrected chi connectivity index (χ1v) is 6.42. The zero-order valence-electron chi connectivity index (χ0n) is 10.6. The minimum atomic E-state index is -4.84. The van der Waals surface area contributed by atoms with Crippen molar-refractivity contribution in [3.63, 3.8) is 0 Å². The Morgan fingerprint density at radius 1 is 1.20 bits per heavy atom. The number of carbonyl (C=O) groups is 1. The van der Waals surface area contributed by atoms with Gasteiger partial charge in [0.15, 0.2) is 0 Å². The van der Waals surface area contributed by atoms with E-state index in [4.69, 9.17) is 0 Å². The molecular formula is C14H13F3N2O. The SMILES string of the molecule is O=C(c1c2n(c3ccccc13)CCNCC2)C(F)(F)F. The quantitative estimate of drug-likeness (QED) is 0.816. The number of aromatic nitrogens is 1. The van der Waals surface area contributed by atoms with Crippen LogP contribution in [0, 0.1) is 0 Å². The van der Waals surface area contributed by atoms with E-state index in [-0.39, 0.29) is 5.56 Å². The van der Waals surface area contributed by atoms with Crippen molar-refractivity contribution >= 4 is 16.7 Å². The number of alkyl halides is 3. The lowest BCUT2D eigenvalue weighted by Crippen LogP contribution is -2.24. The first-order chi connectivity index (χ1) is 9.50. The molecule has 106 valence electrons. The highest BCUT2D eigenvalue weighted by Crippen LogP contribution is 2.32. The van der Waals surface area contributed by atoms with E-state index in [9.17, 15) is 18.0 Å². The molecule has 3 nitrogen and oxygen atoms in total. The normalized spacial score (nSPS) is 15.9. The van der Waals surface area contributed by atoms with Gasteiger partial charge in [-0.15, -0.1) is 0 Å². The Labute approximate surface area is 113 Å². The Bertz CT molecular complexity index is 673. The molecule has 1 aliphatic heterocycles. The Morgan fingerprint density at radius 3 is 2.70 bits per heavy atom. The number of benzene rings is 1. The Balaban J connectivity index is 2.30. The molecule has 0 radical (unpaired) electrons. The smallest absolute Gasteiger partial charge is 0.343 e. The van der Waals surface area contributed by atoms with E-state index in [1.54, 1.807) is 24.3 Å². The Kier molecular flexibility index (Phi) is 3.05. The molecule has 3 rings (SSSR count). The standard InChI is InChI=1S/C14H13F3N2O/c15-14(16,17)13(20)12-9-3-1-2-4-10(9)19-8-7-18-6-5-11(12)19/h1-4,18H,5-8H2. The lowest BCUT2D eigenvalue weighted by Gasteiger charge is -2.08. The fourth-order valence-corrected chi connectivity index (χ4v) is 2.79. The fourth-order valence-electron chi connectivity index (χ4n) is 2.79. The number of fused-ring (bicyclic) bond motifs is 3. The summed E-state index contributed by atoms with van der Waals surface area (Å²) in [6.45, 7) is 1.83. The van der Waals surface area contributed by atoms with E-state index in [2.05, 4.69) is 5.32 Å². The van der Waals surface area contributed by atoms with E-state index in [1.807, 2.05) is 4.57 Å². The highest BCUT2D eigenvalue weighted by molar-refractivity contribution is 6.12. The third kappa shape index (κ3) is 2.00. The average Bonchev–Trinajstić information content (AvgIpc) is 2.56. The molecule has 1 aromatic carbocycles. The molecule has 20 heavy (non-hydrogen) atoms. The predicted octanol–water partition coefficient (Wildman–Crippen LogP) is 2.53. The van der Waals surface area contributed by atoms with Gasteiger partial charge in [-0.1, -0.05) is 18.2 Å². The second kappa shape index (κ2) is 4.63. The van der Waals surface area contributed by atoms with Crippen LogP contribution >= 0.6 is 0 Å². The molecule has 0 unspecified atom stereocenters. The summed E-state index contributed by atoms with van der Waals surface area (Å²) in [6, 6.07) is 6.78. The summed E-state index contributed by atoms with van der Waals surface area (Å²) in [5.41, 5.74) is 0.995. The van der Waals surface area contributed by atoms with E-state index in [0.717, 1.165) is 0 Å². The van der Waals surface area contributed by atoms with Crippen LogP contribution in [0.3, 0.4) is 0 Å². The summed E-state index contributed by atoms with van der Waals surface area (Å²) in [4.78, 5) is 11.8. The van der Waals surface area contributed by atoms with Crippen LogP contribution in [0.2, 0.25) is 0 Å². The zero-order chi connectivity index (χ0) is 14.3. The number of ketones is 1. The van der Waals surface area contributed by atoms with Crippen molar-refractivity contribution < 1.29 is 18.0 Å². The van der Waals surface area contributed by atoms with Crippen LogP contribution in [-0.4, -0.2) is 29.6 Å². The molecule has 0 spiro atoms. The van der Waals surface area contributed by atoms with Gasteiger partial charge in [0.05, 0.1) is 5.56 Å². The molecule has 2 heterocycles. The molecule has 0 saturated heterocycles. The maximum Gasteiger partial charge on any atom is 0.454 e. The lowest BCUT2D eigenvalue weighted by atomic mass is 10.0. The van der Waals surface area contributed by atoms with Crippen molar-refractivity contribution in [1.82, 2.24) is 9.88 Å². The van der Waals surface area contributed by atoms with Gasteiger partial charge in [-0.3, -0.25) is 4.79 Å². The first kappa shape index (κ1) is 13.2. The molecular weight excluding hydrogens is 269 g/mol. The minimum Gasteiger partial charge on any atom is -0.343 e. The summed E-state index contributed by atoms with van der Waals surface area (Å²) in [5, 5.41) is 3.53. The summed E-state index contributed by atoms with van der Waals surface area (Å²) in [6.07, 6.45) is -4.42. The molecule has 0 saturated carbocycles. The minimum absolute atomic E-state index is 0.184. The summed E-state index contributed by atoms with van der Waals surface area (Å²) in [5.74, 6) is -1.75. The van der Waals surface area contributed by atoms with Gasteiger partial charge in [0.2, 0.25) is 0 Å². The maximum absolute atomic E-state index is 12.8. The van der Waals surface area contributed by atoms with E-state index < -0.39 is 12.0 Å². The molecule has 1 aliphatic rings. The van der Waals surface area contributed by atoms with E-state index >= 15 is 0 Å². The van der Waals surface area contributed by atoms with Gasteiger partial charge in [-0.2, -0.15) is 13.2 Å². The molecule has 0 fully saturated rings. The van der Waals surface area contributed by atoms with Gasteiger partial charge in [0.1, 0.15) is 0 Å². The van der Waals surface area contributed by atoms with Crippen LogP contribution < -0.4 is 5.32 Å². The number of hydrogen-bond donors (Lipinski definition) is 1. The van der Waals surface area contributed by atoms with Crippen molar-refractivity contribution in [2.75, 3.05) is 13.1 Å². The molecule has 1 aromatic heterocycles. The van der Waals surface area contributed by atoms with Gasteiger partial charge in [-0.05, 0) is 6.07 Å². The van der Waals surface area contributed by atoms with Gasteiger partial charge in [0.25, 0.3) is 5.78 Å². The number of halogens is 3. The number of para-hydroxylation sites is 1. The van der Waals surface area contributed by atoms with Crippen LogP contribution in [-0.2, 0) is 13.0 Å². The van der Waals surface area contributed by atoms with Crippen LogP contribution in [0.25, 0.3) is 10.9 Å². The number of Topliss-reactive ketones (excluding diaryl/α,β-unsaturated/α-hetero) is 1. The zero-order valence-corrected chi connectivity index (χ0v) is 10.6. The molecule has 0 bridgehead atoms. The predicted molar refractivity (Wildman–Crippen MR) is 68.9 cm³/mol. The second-order valence-electron chi connectivity index (χ2n) is 4.82. The summed E-state index contributed by atoms with van der Waals surface area (Å²) in [7, 11) is 0. The van der Waals surface area contributed by atoms with E-state index in [0.29, 0.717) is 42.7 Å². The molecule has 6 heteroatoms. The number of nitrogens with one attached hydrogen (secondary N) is 1. The van der Waals surface area contributed by atoms with Crippen LogP contribution in [0.5, 0.6) is 0 Å². The third-order valence-electron chi connectivity index (χ3n) is 3.61. The third-order valence-corrected chi connectivity index (χ3v) is 3.61. The number of nitrogens with zero attached hydrogens (tertiary/aromatic N) is 1. The largest absolute Gasteiger partial charge is 0.454 e. The van der Waals surface area contributed by atoms with Gasteiger partial charge >= 0.3 is 6.18 Å². The number of hydrogen-bond acceptors (Lipinski definition) is 2. The van der Waals surface area contributed by atoms with Gasteiger partial charge in [-0.25, -0.2) is 0 Å². The van der Waals surface area contributed by atoms with Crippen molar-refractivity contribution in [3.05, 3.63) is 35.5 Å². The van der Waals surface area contributed by atoms with Crippen LogP contribution in [0.15, 0.2) is 24.3 Å². The van der Waals surface area contributed by atoms with Crippen molar-refractivity contribution in [3.8, 4) is 0 Å². The molecule has 1 N–H and O–H groups in total. The molecule has 2 aromatic rings. The average molecular weight is 282 g/mol.